The van der Waals surface area contributed by atoms with Gasteiger partial charge in [0.05, 0.1) is 0 Å². The minimum Gasteiger partial charge on any atom is -0.0991 e. The smallest absolute Gasteiger partial charge is 0.0230 e. The molecule has 0 nitrogen and oxygen atoms in total. The van der Waals surface area contributed by atoms with Gasteiger partial charge in [-0.25, -0.2) is 0 Å². The molecule has 0 rings (SSSR count). The highest BCUT2D eigenvalue weighted by molar-refractivity contribution is 5.46. The monoisotopic (exact) mass is 174 g/mol. The Balaban J connectivity index is 4.76. The van der Waals surface area contributed by atoms with E-state index < -0.39 is 0 Å². The lowest BCUT2D eigenvalue weighted by molar-refractivity contribution is 1.46. The summed E-state index contributed by atoms with van der Waals surface area (Å²) in [5, 5.41) is 0. The number of hydrogen-bond donors (Lipinski definition) is 0. The highest BCUT2D eigenvalue weighted by Gasteiger charge is 1.93. The molecule has 0 amide bonds. The maximum atomic E-state index is 3.65. The molecule has 0 spiro atoms. The summed E-state index contributed by atoms with van der Waals surface area (Å²) < 4.78 is 0. The molecule has 0 aromatic carbocycles. The van der Waals surface area contributed by atoms with E-state index in [9.17, 15) is 0 Å². The van der Waals surface area contributed by atoms with Crippen molar-refractivity contribution in [2.24, 2.45) is 0 Å². The summed E-state index contributed by atoms with van der Waals surface area (Å²) in [4.78, 5) is 0. The fraction of sp³-hybridized carbons (Fsp3) is 0.231. The van der Waals surface area contributed by atoms with E-state index in [2.05, 4.69) is 30.9 Å². The molecule has 70 valence electrons. The lowest BCUT2D eigenvalue weighted by atomic mass is 10.0. The Morgan fingerprint density at radius 1 is 0.923 bits per heavy atom. The second-order valence-electron chi connectivity index (χ2n) is 2.58. The van der Waals surface area contributed by atoms with Crippen molar-refractivity contribution in [3.05, 3.63) is 60.3 Å². The molecule has 0 N–H and O–H groups in total. The van der Waals surface area contributed by atoms with Crippen molar-refractivity contribution in [2.45, 2.75) is 20.8 Å². The normalized spacial score (nSPS) is 14.4. The Labute approximate surface area is 81.7 Å². The van der Waals surface area contributed by atoms with Gasteiger partial charge in [-0.05, 0) is 31.9 Å². The molecule has 0 radical (unpaired) electrons. The van der Waals surface area contributed by atoms with Gasteiger partial charge in [0.25, 0.3) is 0 Å². The number of hydrogen-bond acceptors (Lipinski definition) is 0. The Kier molecular flexibility index (Phi) is 6.62. The standard InChI is InChI=1S/C13H18/c1-5-9-11-13(8-4)12(7-3)10-6-2/h5-11H,1H2,2-4H3/b10-6-,11-9-,12-7+,13-8+. The largest absolute Gasteiger partial charge is 0.0991 e. The average molecular weight is 174 g/mol. The van der Waals surface area contributed by atoms with Crippen LogP contribution >= 0.6 is 0 Å². The van der Waals surface area contributed by atoms with Crippen molar-refractivity contribution >= 4 is 0 Å². The minimum atomic E-state index is 1.22. The van der Waals surface area contributed by atoms with Gasteiger partial charge in [0, 0.05) is 0 Å². The fourth-order valence-electron chi connectivity index (χ4n) is 1.07. The Bertz CT molecular complexity index is 260. The lowest BCUT2D eigenvalue weighted by Crippen LogP contribution is -1.81. The average Bonchev–Trinajstić information content (AvgIpc) is 2.17. The first-order valence-corrected chi connectivity index (χ1v) is 4.54. The van der Waals surface area contributed by atoms with Crippen molar-refractivity contribution in [1.29, 1.82) is 0 Å². The molecule has 0 aromatic rings. The Morgan fingerprint density at radius 3 is 1.85 bits per heavy atom. The third-order valence-electron chi connectivity index (χ3n) is 1.71. The predicted octanol–water partition coefficient (Wildman–Crippen LogP) is 4.20. The van der Waals surface area contributed by atoms with Crippen LogP contribution in [0.15, 0.2) is 60.3 Å². The van der Waals surface area contributed by atoms with Crippen molar-refractivity contribution in [3.63, 3.8) is 0 Å². The molecule has 0 aliphatic carbocycles. The third-order valence-corrected chi connectivity index (χ3v) is 1.71. The molecular formula is C13H18. The summed E-state index contributed by atoms with van der Waals surface area (Å²) in [5.41, 5.74) is 2.46. The fourth-order valence-corrected chi connectivity index (χ4v) is 1.07. The topological polar surface area (TPSA) is 0 Å². The zero-order valence-corrected chi connectivity index (χ0v) is 8.75. The van der Waals surface area contributed by atoms with Crippen LogP contribution in [-0.2, 0) is 0 Å². The molecule has 13 heavy (non-hydrogen) atoms. The van der Waals surface area contributed by atoms with E-state index in [1.165, 1.54) is 11.1 Å². The number of rotatable bonds is 4. The van der Waals surface area contributed by atoms with E-state index in [1.54, 1.807) is 6.08 Å². The van der Waals surface area contributed by atoms with Crippen LogP contribution in [0, 0.1) is 0 Å². The molecule has 0 aliphatic rings. The van der Waals surface area contributed by atoms with Gasteiger partial charge < -0.3 is 0 Å². The summed E-state index contributed by atoms with van der Waals surface area (Å²) in [5.74, 6) is 0. The van der Waals surface area contributed by atoms with Crippen LogP contribution in [0.4, 0.5) is 0 Å². The summed E-state index contributed by atoms with van der Waals surface area (Å²) >= 11 is 0. The molecule has 0 aromatic heterocycles. The molecule has 0 atom stereocenters. The highest BCUT2D eigenvalue weighted by Crippen LogP contribution is 2.12. The van der Waals surface area contributed by atoms with Crippen LogP contribution in [0.3, 0.4) is 0 Å². The van der Waals surface area contributed by atoms with Gasteiger partial charge in [-0.3, -0.25) is 0 Å². The van der Waals surface area contributed by atoms with Crippen LogP contribution in [-0.4, -0.2) is 0 Å². The van der Waals surface area contributed by atoms with Crippen LogP contribution < -0.4 is 0 Å². The van der Waals surface area contributed by atoms with Gasteiger partial charge in [0.2, 0.25) is 0 Å². The van der Waals surface area contributed by atoms with Crippen molar-refractivity contribution in [2.75, 3.05) is 0 Å². The van der Waals surface area contributed by atoms with Crippen molar-refractivity contribution in [1.82, 2.24) is 0 Å². The Morgan fingerprint density at radius 2 is 1.46 bits per heavy atom. The molecule has 0 unspecified atom stereocenters. The second-order valence-corrected chi connectivity index (χ2v) is 2.58. The zero-order valence-electron chi connectivity index (χ0n) is 8.75. The van der Waals surface area contributed by atoms with E-state index in [4.69, 9.17) is 0 Å². The maximum Gasteiger partial charge on any atom is -0.0230 e. The SMILES string of the molecule is C=C\C=C/C(=C\C)C(/C=C\C)=C/C. The number of allylic oxidation sites excluding steroid dienone is 9. The summed E-state index contributed by atoms with van der Waals surface area (Å²) in [7, 11) is 0. The van der Waals surface area contributed by atoms with Gasteiger partial charge in [-0.1, -0.05) is 49.1 Å². The maximum absolute atomic E-state index is 3.65. The van der Waals surface area contributed by atoms with Gasteiger partial charge in [-0.2, -0.15) is 0 Å². The van der Waals surface area contributed by atoms with Crippen LogP contribution in [0.2, 0.25) is 0 Å². The molecule has 0 saturated carbocycles. The molecule has 0 heterocycles. The molecule has 0 heteroatoms. The van der Waals surface area contributed by atoms with E-state index in [1.807, 2.05) is 32.9 Å². The zero-order chi connectivity index (χ0) is 10.1. The van der Waals surface area contributed by atoms with Crippen molar-refractivity contribution in [3.8, 4) is 0 Å². The van der Waals surface area contributed by atoms with Crippen LogP contribution in [0.1, 0.15) is 20.8 Å². The first kappa shape index (κ1) is 11.7. The van der Waals surface area contributed by atoms with Crippen LogP contribution in [0.25, 0.3) is 0 Å². The highest BCUT2D eigenvalue weighted by atomic mass is 14.0. The van der Waals surface area contributed by atoms with Crippen molar-refractivity contribution < 1.29 is 0 Å². The van der Waals surface area contributed by atoms with Gasteiger partial charge >= 0.3 is 0 Å². The van der Waals surface area contributed by atoms with E-state index >= 15 is 0 Å². The quantitative estimate of drug-likeness (QED) is 0.560. The van der Waals surface area contributed by atoms with Crippen LogP contribution in [0.5, 0.6) is 0 Å². The predicted molar refractivity (Wildman–Crippen MR) is 61.7 cm³/mol. The van der Waals surface area contributed by atoms with Gasteiger partial charge in [0.1, 0.15) is 0 Å². The summed E-state index contributed by atoms with van der Waals surface area (Å²) in [6.45, 7) is 9.75. The van der Waals surface area contributed by atoms with E-state index in [0.717, 1.165) is 0 Å². The molecular weight excluding hydrogens is 156 g/mol. The third kappa shape index (κ3) is 4.32. The van der Waals surface area contributed by atoms with Gasteiger partial charge in [-0.15, -0.1) is 0 Å². The molecule has 0 saturated heterocycles. The van der Waals surface area contributed by atoms with E-state index in [-0.39, 0.29) is 0 Å². The summed E-state index contributed by atoms with van der Waals surface area (Å²) in [6.07, 6.45) is 14.1. The first-order valence-electron chi connectivity index (χ1n) is 4.54. The summed E-state index contributed by atoms with van der Waals surface area (Å²) in [6, 6.07) is 0. The van der Waals surface area contributed by atoms with E-state index in [0.29, 0.717) is 0 Å². The van der Waals surface area contributed by atoms with Gasteiger partial charge in [0.15, 0.2) is 0 Å². The second kappa shape index (κ2) is 7.35. The minimum absolute atomic E-state index is 1.22. The molecule has 0 fully saturated rings. The Hall–Kier alpha value is -1.30. The first-order chi connectivity index (χ1) is 6.29. The lowest BCUT2D eigenvalue weighted by Gasteiger charge is -2.01. The molecule has 0 aliphatic heterocycles. The molecule has 0 bridgehead atoms.